The molecule has 0 saturated heterocycles. The highest BCUT2D eigenvalue weighted by Crippen LogP contribution is 2.17. The van der Waals surface area contributed by atoms with Crippen molar-refractivity contribution < 1.29 is 14.0 Å². The molecule has 0 aliphatic carbocycles. The molecule has 0 saturated carbocycles. The zero-order valence-corrected chi connectivity index (χ0v) is 11.0. The number of carbonyl (C=O) groups excluding carboxylic acids is 2. The Hall–Kier alpha value is -2.34. The van der Waals surface area contributed by atoms with E-state index in [9.17, 15) is 14.0 Å². The first-order chi connectivity index (χ1) is 9.54. The predicted octanol–water partition coefficient (Wildman–Crippen LogP) is 2.06. The van der Waals surface area contributed by atoms with Crippen molar-refractivity contribution in [2.24, 2.45) is 0 Å². The van der Waals surface area contributed by atoms with Gasteiger partial charge in [0.2, 0.25) is 0 Å². The van der Waals surface area contributed by atoms with Crippen molar-refractivity contribution in [3.63, 3.8) is 0 Å². The van der Waals surface area contributed by atoms with E-state index in [0.29, 0.717) is 0 Å². The average Bonchev–Trinajstić information content (AvgIpc) is 2.87. The van der Waals surface area contributed by atoms with Crippen molar-refractivity contribution in [3.05, 3.63) is 53.1 Å². The van der Waals surface area contributed by atoms with Crippen LogP contribution in [0.2, 0.25) is 5.02 Å². The number of amides is 2. The van der Waals surface area contributed by atoms with Crippen molar-refractivity contribution in [2.45, 2.75) is 6.54 Å². The standard InChI is InChI=1S/C13H11ClFN3O2/c14-8-4-9(15)6-11(5-8)18-13(20)12(19)17-7-10-2-1-3-16-10/h1-6,16H,7H2,(H,17,19)(H,18,20). The van der Waals surface area contributed by atoms with Crippen LogP contribution in [0.4, 0.5) is 10.1 Å². The zero-order valence-electron chi connectivity index (χ0n) is 10.2. The number of hydrogen-bond donors (Lipinski definition) is 3. The second-order valence-corrected chi connectivity index (χ2v) is 4.43. The van der Waals surface area contributed by atoms with Crippen LogP contribution in [-0.4, -0.2) is 16.8 Å². The van der Waals surface area contributed by atoms with Crippen LogP contribution in [0.1, 0.15) is 5.69 Å². The SMILES string of the molecule is O=C(NCc1ccc[nH]1)C(=O)Nc1cc(F)cc(Cl)c1. The largest absolute Gasteiger partial charge is 0.364 e. The summed E-state index contributed by atoms with van der Waals surface area (Å²) in [5.74, 6) is -2.31. The van der Waals surface area contributed by atoms with Gasteiger partial charge in [-0.25, -0.2) is 4.39 Å². The van der Waals surface area contributed by atoms with Crippen LogP contribution in [0.15, 0.2) is 36.5 Å². The van der Waals surface area contributed by atoms with E-state index in [1.807, 2.05) is 0 Å². The molecule has 2 amide bonds. The first kappa shape index (κ1) is 14.1. The Morgan fingerprint density at radius 2 is 2.05 bits per heavy atom. The Balaban J connectivity index is 1.92. The van der Waals surface area contributed by atoms with Gasteiger partial charge in [0.15, 0.2) is 0 Å². The van der Waals surface area contributed by atoms with Gasteiger partial charge < -0.3 is 15.6 Å². The van der Waals surface area contributed by atoms with Crippen molar-refractivity contribution in [1.82, 2.24) is 10.3 Å². The minimum atomic E-state index is -0.891. The van der Waals surface area contributed by atoms with Gasteiger partial charge in [0, 0.05) is 22.6 Å². The third kappa shape index (κ3) is 3.83. The van der Waals surface area contributed by atoms with Crippen LogP contribution in [0, 0.1) is 5.82 Å². The van der Waals surface area contributed by atoms with Gasteiger partial charge >= 0.3 is 11.8 Å². The van der Waals surface area contributed by atoms with Gasteiger partial charge in [-0.15, -0.1) is 0 Å². The van der Waals surface area contributed by atoms with E-state index >= 15 is 0 Å². The summed E-state index contributed by atoms with van der Waals surface area (Å²) >= 11 is 5.65. The van der Waals surface area contributed by atoms with Gasteiger partial charge in [-0.05, 0) is 30.3 Å². The molecule has 20 heavy (non-hydrogen) atoms. The summed E-state index contributed by atoms with van der Waals surface area (Å²) in [6.07, 6.45) is 1.70. The predicted molar refractivity (Wildman–Crippen MR) is 72.7 cm³/mol. The van der Waals surface area contributed by atoms with Gasteiger partial charge in [-0.2, -0.15) is 0 Å². The third-order valence-electron chi connectivity index (χ3n) is 2.43. The van der Waals surface area contributed by atoms with Gasteiger partial charge in [0.25, 0.3) is 0 Å². The van der Waals surface area contributed by atoms with E-state index in [1.54, 1.807) is 18.3 Å². The minimum absolute atomic E-state index is 0.120. The van der Waals surface area contributed by atoms with Crippen LogP contribution in [0.25, 0.3) is 0 Å². The van der Waals surface area contributed by atoms with Crippen LogP contribution in [-0.2, 0) is 16.1 Å². The number of carbonyl (C=O) groups is 2. The Morgan fingerprint density at radius 3 is 2.70 bits per heavy atom. The maximum Gasteiger partial charge on any atom is 0.313 e. The summed E-state index contributed by atoms with van der Waals surface area (Å²) in [4.78, 5) is 26.0. The molecule has 5 nitrogen and oxygen atoms in total. The van der Waals surface area contributed by atoms with Crippen LogP contribution >= 0.6 is 11.6 Å². The third-order valence-corrected chi connectivity index (χ3v) is 2.65. The molecule has 1 aromatic carbocycles. The van der Waals surface area contributed by atoms with Gasteiger partial charge in [0.05, 0.1) is 6.54 Å². The number of H-pyrrole nitrogens is 1. The lowest BCUT2D eigenvalue weighted by Crippen LogP contribution is -2.35. The number of aromatic nitrogens is 1. The molecule has 0 radical (unpaired) electrons. The molecule has 0 unspecified atom stereocenters. The van der Waals surface area contributed by atoms with Gasteiger partial charge in [-0.3, -0.25) is 9.59 Å². The minimum Gasteiger partial charge on any atom is -0.364 e. The Bertz CT molecular complexity index is 608. The number of hydrogen-bond acceptors (Lipinski definition) is 2. The summed E-state index contributed by atoms with van der Waals surface area (Å²) in [5.41, 5.74) is 0.884. The molecular weight excluding hydrogens is 285 g/mol. The zero-order chi connectivity index (χ0) is 14.5. The van der Waals surface area contributed by atoms with Crippen LogP contribution in [0.5, 0.6) is 0 Å². The van der Waals surface area contributed by atoms with Crippen molar-refractivity contribution >= 4 is 29.1 Å². The summed E-state index contributed by atoms with van der Waals surface area (Å²) in [5, 5.41) is 4.82. The summed E-state index contributed by atoms with van der Waals surface area (Å²) in [6, 6.07) is 7.06. The topological polar surface area (TPSA) is 74.0 Å². The van der Waals surface area contributed by atoms with Crippen LogP contribution < -0.4 is 10.6 Å². The maximum absolute atomic E-state index is 13.1. The Morgan fingerprint density at radius 1 is 1.25 bits per heavy atom. The Kier molecular flexibility index (Phi) is 4.37. The normalized spacial score (nSPS) is 10.1. The highest BCUT2D eigenvalue weighted by atomic mass is 35.5. The molecule has 0 fully saturated rings. The Labute approximate surface area is 119 Å². The lowest BCUT2D eigenvalue weighted by molar-refractivity contribution is -0.136. The van der Waals surface area contributed by atoms with E-state index in [1.165, 1.54) is 6.07 Å². The van der Waals surface area contributed by atoms with Crippen LogP contribution in [0.3, 0.4) is 0 Å². The molecule has 104 valence electrons. The molecule has 0 aliphatic rings. The summed E-state index contributed by atoms with van der Waals surface area (Å²) < 4.78 is 13.1. The molecule has 0 atom stereocenters. The lowest BCUT2D eigenvalue weighted by Gasteiger charge is -2.06. The molecule has 0 bridgehead atoms. The second kappa shape index (κ2) is 6.21. The first-order valence-electron chi connectivity index (χ1n) is 5.72. The molecule has 3 N–H and O–H groups in total. The van der Waals surface area contributed by atoms with E-state index in [2.05, 4.69) is 15.6 Å². The monoisotopic (exact) mass is 295 g/mol. The fourth-order valence-electron chi connectivity index (χ4n) is 1.55. The number of halogens is 2. The molecule has 0 spiro atoms. The lowest BCUT2D eigenvalue weighted by atomic mass is 10.3. The summed E-state index contributed by atoms with van der Waals surface area (Å²) in [7, 11) is 0. The number of aromatic amines is 1. The van der Waals surface area contributed by atoms with Crippen molar-refractivity contribution in [2.75, 3.05) is 5.32 Å². The van der Waals surface area contributed by atoms with Gasteiger partial charge in [-0.1, -0.05) is 11.6 Å². The fourth-order valence-corrected chi connectivity index (χ4v) is 1.77. The number of nitrogens with one attached hydrogen (secondary N) is 3. The molecule has 1 aromatic heterocycles. The molecule has 2 rings (SSSR count). The smallest absolute Gasteiger partial charge is 0.313 e. The van der Waals surface area contributed by atoms with E-state index < -0.39 is 17.6 Å². The number of rotatable bonds is 3. The second-order valence-electron chi connectivity index (χ2n) is 3.99. The van der Waals surface area contributed by atoms with Crippen molar-refractivity contribution in [3.8, 4) is 0 Å². The average molecular weight is 296 g/mol. The van der Waals surface area contributed by atoms with E-state index in [-0.39, 0.29) is 17.3 Å². The quantitative estimate of drug-likeness (QED) is 0.758. The molecule has 0 aliphatic heterocycles. The summed E-state index contributed by atoms with van der Waals surface area (Å²) in [6.45, 7) is 0.198. The molecule has 7 heteroatoms. The number of benzene rings is 1. The fraction of sp³-hybridized carbons (Fsp3) is 0.0769. The highest BCUT2D eigenvalue weighted by Gasteiger charge is 2.14. The van der Waals surface area contributed by atoms with Gasteiger partial charge in [0.1, 0.15) is 5.82 Å². The number of anilines is 1. The first-order valence-corrected chi connectivity index (χ1v) is 6.10. The van der Waals surface area contributed by atoms with Crippen molar-refractivity contribution in [1.29, 1.82) is 0 Å². The molecule has 1 heterocycles. The maximum atomic E-state index is 13.1. The van der Waals surface area contributed by atoms with E-state index in [0.717, 1.165) is 17.8 Å². The highest BCUT2D eigenvalue weighted by molar-refractivity contribution is 6.39. The molecule has 2 aromatic rings. The molecular formula is C13H11ClFN3O2. The van der Waals surface area contributed by atoms with E-state index in [4.69, 9.17) is 11.6 Å².